The van der Waals surface area contributed by atoms with Gasteiger partial charge in [-0.05, 0) is 7.05 Å². The highest BCUT2D eigenvalue weighted by molar-refractivity contribution is 5.80. The lowest BCUT2D eigenvalue weighted by molar-refractivity contribution is 0.0828. The normalized spacial score (nSPS) is 12.8. The monoisotopic (exact) mass is 182 g/mol. The van der Waals surface area contributed by atoms with Crippen LogP contribution in [-0.4, -0.2) is 29.3 Å². The molecule has 0 amide bonds. The number of nitrogens with two attached hydrogens (primary N) is 1. The molecule has 0 radical (unpaired) electrons. The van der Waals surface area contributed by atoms with Gasteiger partial charge in [-0.25, -0.2) is 4.68 Å². The van der Waals surface area contributed by atoms with Gasteiger partial charge in [-0.3, -0.25) is 4.79 Å². The van der Waals surface area contributed by atoms with Crippen LogP contribution >= 0.6 is 0 Å². The maximum Gasteiger partial charge on any atom is 0.251 e. The zero-order valence-corrected chi connectivity index (χ0v) is 7.82. The van der Waals surface area contributed by atoms with Crippen LogP contribution in [0.3, 0.4) is 0 Å². The van der Waals surface area contributed by atoms with Crippen molar-refractivity contribution < 1.29 is 4.79 Å². The first-order valence-corrected chi connectivity index (χ1v) is 4.15. The molecule has 0 fully saturated rings. The van der Waals surface area contributed by atoms with Crippen LogP contribution in [0.2, 0.25) is 0 Å². The Kier molecular flexibility index (Phi) is 3.02. The summed E-state index contributed by atoms with van der Waals surface area (Å²) in [7, 11) is 1.81. The third kappa shape index (κ3) is 2.29. The first-order chi connectivity index (χ1) is 6.15. The highest BCUT2D eigenvalue weighted by Gasteiger charge is 2.14. The van der Waals surface area contributed by atoms with E-state index in [1.54, 1.807) is 19.3 Å². The van der Waals surface area contributed by atoms with Crippen LogP contribution in [0, 0.1) is 5.92 Å². The maximum atomic E-state index is 11.6. The number of anilines is 1. The van der Waals surface area contributed by atoms with E-state index >= 15 is 0 Å². The van der Waals surface area contributed by atoms with Crippen molar-refractivity contribution in [3.63, 3.8) is 0 Å². The first-order valence-electron chi connectivity index (χ1n) is 4.15. The molecule has 0 spiro atoms. The molecule has 72 valence electrons. The Morgan fingerprint density at radius 1 is 1.85 bits per heavy atom. The third-order valence-corrected chi connectivity index (χ3v) is 1.77. The molecule has 0 bridgehead atoms. The van der Waals surface area contributed by atoms with Gasteiger partial charge in [0.25, 0.3) is 5.91 Å². The minimum absolute atomic E-state index is 0.0500. The number of carbonyl (C=O) groups is 1. The molecule has 13 heavy (non-hydrogen) atoms. The van der Waals surface area contributed by atoms with Crippen LogP contribution in [-0.2, 0) is 0 Å². The van der Waals surface area contributed by atoms with Gasteiger partial charge in [0.1, 0.15) is 5.82 Å². The first kappa shape index (κ1) is 9.73. The number of carbonyl (C=O) groups excluding carboxylic acids is 1. The van der Waals surface area contributed by atoms with Crippen molar-refractivity contribution in [2.45, 2.75) is 6.92 Å². The highest BCUT2D eigenvalue weighted by Crippen LogP contribution is 2.01. The van der Waals surface area contributed by atoms with Gasteiger partial charge in [0.2, 0.25) is 0 Å². The molecule has 5 heteroatoms. The van der Waals surface area contributed by atoms with E-state index in [2.05, 4.69) is 10.4 Å². The number of hydrogen-bond acceptors (Lipinski definition) is 4. The minimum Gasteiger partial charge on any atom is -0.382 e. The summed E-state index contributed by atoms with van der Waals surface area (Å²) >= 11 is 0. The molecule has 0 saturated carbocycles. The van der Waals surface area contributed by atoms with Crippen molar-refractivity contribution in [3.8, 4) is 0 Å². The predicted octanol–water partition coefficient (Wildman–Crippen LogP) is -0.0390. The Hall–Kier alpha value is -1.36. The molecule has 0 aromatic carbocycles. The fourth-order valence-electron chi connectivity index (χ4n) is 1.08. The number of aromatic nitrogens is 2. The van der Waals surface area contributed by atoms with Crippen molar-refractivity contribution in [3.05, 3.63) is 12.3 Å². The second kappa shape index (κ2) is 4.04. The van der Waals surface area contributed by atoms with Gasteiger partial charge < -0.3 is 11.1 Å². The Bertz CT molecular complexity index is 294. The molecule has 0 saturated heterocycles. The molecular formula is C8H14N4O. The molecule has 5 nitrogen and oxygen atoms in total. The SMILES string of the molecule is CNCC(C)C(=O)n1ccc(N)n1. The second-order valence-corrected chi connectivity index (χ2v) is 2.98. The Labute approximate surface area is 76.9 Å². The minimum atomic E-state index is -0.0932. The summed E-state index contributed by atoms with van der Waals surface area (Å²) in [4.78, 5) is 11.6. The zero-order chi connectivity index (χ0) is 9.84. The Morgan fingerprint density at radius 3 is 3.00 bits per heavy atom. The van der Waals surface area contributed by atoms with Gasteiger partial charge in [-0.2, -0.15) is 0 Å². The summed E-state index contributed by atoms with van der Waals surface area (Å²) in [5.41, 5.74) is 5.39. The lowest BCUT2D eigenvalue weighted by Gasteiger charge is -2.08. The summed E-state index contributed by atoms with van der Waals surface area (Å²) in [6, 6.07) is 1.60. The molecule has 1 atom stereocenters. The van der Waals surface area contributed by atoms with Gasteiger partial charge in [0.05, 0.1) is 0 Å². The lowest BCUT2D eigenvalue weighted by Crippen LogP contribution is -2.28. The van der Waals surface area contributed by atoms with Crippen LogP contribution in [0.1, 0.15) is 11.7 Å². The predicted molar refractivity (Wildman–Crippen MR) is 50.4 cm³/mol. The standard InChI is InChI=1S/C8H14N4O/c1-6(5-10-2)8(13)12-4-3-7(9)11-12/h3-4,6,10H,5H2,1-2H3,(H2,9,11). The average Bonchev–Trinajstić information content (AvgIpc) is 2.51. The van der Waals surface area contributed by atoms with Crippen LogP contribution in [0.25, 0.3) is 0 Å². The molecule has 1 aromatic rings. The summed E-state index contributed by atoms with van der Waals surface area (Å²) < 4.78 is 1.28. The number of rotatable bonds is 3. The van der Waals surface area contributed by atoms with Crippen molar-refractivity contribution in [2.24, 2.45) is 5.92 Å². The largest absolute Gasteiger partial charge is 0.382 e. The van der Waals surface area contributed by atoms with E-state index in [0.717, 1.165) is 0 Å². The number of hydrogen-bond donors (Lipinski definition) is 2. The zero-order valence-electron chi connectivity index (χ0n) is 7.82. The highest BCUT2D eigenvalue weighted by atomic mass is 16.2. The number of nitrogen functional groups attached to an aromatic ring is 1. The Morgan fingerprint density at radius 2 is 2.54 bits per heavy atom. The molecular weight excluding hydrogens is 168 g/mol. The van der Waals surface area contributed by atoms with E-state index in [1.807, 2.05) is 6.92 Å². The summed E-state index contributed by atoms with van der Waals surface area (Å²) in [5.74, 6) is 0.223. The second-order valence-electron chi connectivity index (χ2n) is 2.98. The van der Waals surface area contributed by atoms with Crippen molar-refractivity contribution in [1.29, 1.82) is 0 Å². The van der Waals surface area contributed by atoms with Gasteiger partial charge >= 0.3 is 0 Å². The quantitative estimate of drug-likeness (QED) is 0.688. The average molecular weight is 182 g/mol. The Balaban J connectivity index is 2.67. The summed E-state index contributed by atoms with van der Waals surface area (Å²) in [6.45, 7) is 2.48. The molecule has 1 aromatic heterocycles. The molecule has 0 aliphatic rings. The van der Waals surface area contributed by atoms with E-state index in [-0.39, 0.29) is 11.8 Å². The molecule has 1 unspecified atom stereocenters. The van der Waals surface area contributed by atoms with Crippen molar-refractivity contribution in [1.82, 2.24) is 15.1 Å². The van der Waals surface area contributed by atoms with Crippen molar-refractivity contribution in [2.75, 3.05) is 19.3 Å². The number of nitrogens with one attached hydrogen (secondary N) is 1. The van der Waals surface area contributed by atoms with Crippen molar-refractivity contribution >= 4 is 11.7 Å². The van der Waals surface area contributed by atoms with E-state index in [4.69, 9.17) is 5.73 Å². The van der Waals surface area contributed by atoms with Crippen LogP contribution in [0.5, 0.6) is 0 Å². The van der Waals surface area contributed by atoms with Gasteiger partial charge in [0.15, 0.2) is 0 Å². The molecule has 1 heterocycles. The van der Waals surface area contributed by atoms with Crippen LogP contribution < -0.4 is 11.1 Å². The summed E-state index contributed by atoms with van der Waals surface area (Å²) in [6.07, 6.45) is 1.57. The summed E-state index contributed by atoms with van der Waals surface area (Å²) in [5, 5.41) is 6.76. The van der Waals surface area contributed by atoms with E-state index in [1.165, 1.54) is 4.68 Å². The molecule has 3 N–H and O–H groups in total. The fourth-order valence-corrected chi connectivity index (χ4v) is 1.08. The smallest absolute Gasteiger partial charge is 0.251 e. The lowest BCUT2D eigenvalue weighted by atomic mass is 10.2. The van der Waals surface area contributed by atoms with Gasteiger partial charge in [0, 0.05) is 24.7 Å². The van der Waals surface area contributed by atoms with Crippen LogP contribution in [0.15, 0.2) is 12.3 Å². The van der Waals surface area contributed by atoms with Gasteiger partial charge in [-0.15, -0.1) is 5.10 Å². The molecule has 0 aliphatic carbocycles. The van der Waals surface area contributed by atoms with Crippen LogP contribution in [0.4, 0.5) is 5.82 Å². The van der Waals surface area contributed by atoms with Gasteiger partial charge in [-0.1, -0.05) is 6.92 Å². The van der Waals surface area contributed by atoms with E-state index in [0.29, 0.717) is 12.4 Å². The molecule has 1 rings (SSSR count). The third-order valence-electron chi connectivity index (χ3n) is 1.77. The topological polar surface area (TPSA) is 72.9 Å². The van der Waals surface area contributed by atoms with E-state index < -0.39 is 0 Å². The molecule has 0 aliphatic heterocycles. The maximum absolute atomic E-state index is 11.6. The number of nitrogens with zero attached hydrogens (tertiary/aromatic N) is 2. The fraction of sp³-hybridized carbons (Fsp3) is 0.500. The van der Waals surface area contributed by atoms with E-state index in [9.17, 15) is 4.79 Å².